The Morgan fingerprint density at radius 2 is 1.78 bits per heavy atom. The molecule has 0 aromatic heterocycles. The zero-order chi connectivity index (χ0) is 21.1. The minimum absolute atomic E-state index is 0.166. The molecule has 0 aliphatic carbocycles. The van der Waals surface area contributed by atoms with E-state index in [1.165, 1.54) is 6.92 Å². The number of methoxy groups -OCH3 is 1. The number of amides is 3. The Morgan fingerprint density at radius 3 is 2.22 bits per heavy atom. The summed E-state index contributed by atoms with van der Waals surface area (Å²) in [5.41, 5.74) is 5.31. The molecule has 3 amide bonds. The number of ether oxygens (including phenoxy) is 1. The molecule has 0 aromatic carbocycles. The predicted molar refractivity (Wildman–Crippen MR) is 94.3 cm³/mol. The molecule has 2 unspecified atom stereocenters. The summed E-state index contributed by atoms with van der Waals surface area (Å²) in [6.45, 7) is 1.67. The van der Waals surface area contributed by atoms with E-state index in [0.717, 1.165) is 25.8 Å². The number of hydrogen-bond acceptors (Lipinski definition) is 9. The van der Waals surface area contributed by atoms with Gasteiger partial charge in [-0.1, -0.05) is 11.8 Å². The topological polar surface area (TPSA) is 173 Å². The van der Waals surface area contributed by atoms with Crippen LogP contribution in [0.15, 0.2) is 0 Å². The Kier molecular flexibility index (Phi) is 10.9. The van der Waals surface area contributed by atoms with Gasteiger partial charge in [0.1, 0.15) is 18.6 Å². The second kappa shape index (κ2) is 12.0. The van der Waals surface area contributed by atoms with Crippen LogP contribution in [0.4, 0.5) is 0 Å². The van der Waals surface area contributed by atoms with Gasteiger partial charge in [-0.05, 0) is 6.42 Å². The molecule has 4 N–H and O–H groups in total. The summed E-state index contributed by atoms with van der Waals surface area (Å²) >= 11 is 0.745. The smallest absolute Gasteiger partial charge is 0.325 e. The number of carboxylic acid groups (broad SMARTS) is 1. The van der Waals surface area contributed by atoms with Gasteiger partial charge in [-0.2, -0.15) is 0 Å². The van der Waals surface area contributed by atoms with Crippen LogP contribution in [0, 0.1) is 0 Å². The maximum absolute atomic E-state index is 12.6. The molecule has 27 heavy (non-hydrogen) atoms. The van der Waals surface area contributed by atoms with E-state index in [-0.39, 0.29) is 23.7 Å². The molecule has 0 aliphatic heterocycles. The fourth-order valence-electron chi connectivity index (χ4n) is 1.78. The number of aliphatic carboxylic acids is 1. The molecule has 0 saturated carbocycles. The molecular formula is C15H23N3O8S. The van der Waals surface area contributed by atoms with Crippen molar-refractivity contribution in [1.82, 2.24) is 10.2 Å². The van der Waals surface area contributed by atoms with Crippen molar-refractivity contribution in [3.05, 3.63) is 0 Å². The van der Waals surface area contributed by atoms with E-state index in [1.54, 1.807) is 0 Å². The van der Waals surface area contributed by atoms with Crippen molar-refractivity contribution >= 4 is 46.5 Å². The summed E-state index contributed by atoms with van der Waals surface area (Å²) in [4.78, 5) is 70.1. The standard InChI is InChI=1S/C15H23N3O8S/c1-8(19)18(6-13(22)26-3)14(23)11(7-27-9(2)20)17-12(21)5-4-10(16)15(24)25/h10-11H,4-7,16H2,1-3H3,(H,17,21)(H,24,25). The van der Waals surface area contributed by atoms with Gasteiger partial charge in [-0.15, -0.1) is 0 Å². The van der Waals surface area contributed by atoms with Crippen molar-refractivity contribution in [3.8, 4) is 0 Å². The first kappa shape index (κ1) is 24.5. The zero-order valence-corrected chi connectivity index (χ0v) is 16.0. The van der Waals surface area contributed by atoms with Crippen LogP contribution < -0.4 is 11.1 Å². The lowest BCUT2D eigenvalue weighted by atomic mass is 10.1. The van der Waals surface area contributed by atoms with Crippen molar-refractivity contribution in [2.45, 2.75) is 38.8 Å². The van der Waals surface area contributed by atoms with E-state index in [1.807, 2.05) is 0 Å². The first-order chi connectivity index (χ1) is 12.5. The summed E-state index contributed by atoms with van der Waals surface area (Å²) in [6.07, 6.45) is -0.445. The molecule has 0 bridgehead atoms. The zero-order valence-electron chi connectivity index (χ0n) is 15.2. The van der Waals surface area contributed by atoms with Crippen LogP contribution in [0.1, 0.15) is 26.7 Å². The van der Waals surface area contributed by atoms with Crippen LogP contribution in [0.3, 0.4) is 0 Å². The summed E-state index contributed by atoms with van der Waals surface area (Å²) < 4.78 is 4.43. The molecule has 0 radical (unpaired) electrons. The summed E-state index contributed by atoms with van der Waals surface area (Å²) in [5, 5.41) is 10.7. The van der Waals surface area contributed by atoms with Gasteiger partial charge in [0.15, 0.2) is 5.12 Å². The average molecular weight is 405 g/mol. The van der Waals surface area contributed by atoms with Gasteiger partial charge in [-0.25, -0.2) is 0 Å². The predicted octanol–water partition coefficient (Wildman–Crippen LogP) is -1.51. The largest absolute Gasteiger partial charge is 0.480 e. The number of carbonyl (C=O) groups is 6. The van der Waals surface area contributed by atoms with Gasteiger partial charge in [0, 0.05) is 26.0 Å². The van der Waals surface area contributed by atoms with Crippen LogP contribution in [0.2, 0.25) is 0 Å². The monoisotopic (exact) mass is 405 g/mol. The Morgan fingerprint density at radius 1 is 1.19 bits per heavy atom. The number of esters is 1. The van der Waals surface area contributed by atoms with Gasteiger partial charge in [0.25, 0.3) is 5.91 Å². The van der Waals surface area contributed by atoms with Crippen molar-refractivity contribution in [2.24, 2.45) is 5.73 Å². The molecule has 2 atom stereocenters. The molecule has 0 aromatic rings. The highest BCUT2D eigenvalue weighted by Gasteiger charge is 2.30. The third kappa shape index (κ3) is 9.70. The quantitative estimate of drug-likeness (QED) is 0.363. The molecule has 0 aliphatic rings. The number of nitrogens with one attached hydrogen (secondary N) is 1. The maximum atomic E-state index is 12.6. The Hall–Kier alpha value is -2.47. The number of carbonyl (C=O) groups excluding carboxylic acids is 5. The third-order valence-electron chi connectivity index (χ3n) is 3.25. The Balaban J connectivity index is 5.18. The molecule has 0 fully saturated rings. The lowest BCUT2D eigenvalue weighted by Gasteiger charge is -2.24. The van der Waals surface area contributed by atoms with Crippen molar-refractivity contribution in [2.75, 3.05) is 19.4 Å². The second-order valence-electron chi connectivity index (χ2n) is 5.43. The number of thioether (sulfide) groups is 1. The van der Waals surface area contributed by atoms with Crippen LogP contribution >= 0.6 is 11.8 Å². The number of hydrogen-bond donors (Lipinski definition) is 3. The fourth-order valence-corrected chi connectivity index (χ4v) is 2.41. The van der Waals surface area contributed by atoms with E-state index in [0.29, 0.717) is 4.90 Å². The highest BCUT2D eigenvalue weighted by molar-refractivity contribution is 8.13. The molecule has 11 nitrogen and oxygen atoms in total. The van der Waals surface area contributed by atoms with Crippen LogP contribution in [-0.4, -0.2) is 76.3 Å². The van der Waals surface area contributed by atoms with E-state index < -0.39 is 48.3 Å². The lowest BCUT2D eigenvalue weighted by Crippen LogP contribution is -2.53. The lowest BCUT2D eigenvalue weighted by molar-refractivity contribution is -0.154. The molecular weight excluding hydrogens is 382 g/mol. The second-order valence-corrected chi connectivity index (χ2v) is 6.62. The van der Waals surface area contributed by atoms with Crippen molar-refractivity contribution in [3.63, 3.8) is 0 Å². The fraction of sp³-hybridized carbons (Fsp3) is 0.600. The molecule has 12 heteroatoms. The van der Waals surface area contributed by atoms with Crippen LogP contribution in [0.5, 0.6) is 0 Å². The Labute approximate surface area is 159 Å². The molecule has 0 spiro atoms. The number of nitrogens with two attached hydrogens (primary N) is 1. The highest BCUT2D eigenvalue weighted by atomic mass is 32.2. The average Bonchev–Trinajstić information content (AvgIpc) is 2.59. The number of rotatable bonds is 10. The van der Waals surface area contributed by atoms with E-state index >= 15 is 0 Å². The van der Waals surface area contributed by atoms with E-state index in [9.17, 15) is 28.8 Å². The molecule has 0 saturated heterocycles. The number of carboxylic acids is 1. The van der Waals surface area contributed by atoms with Gasteiger partial charge in [0.05, 0.1) is 7.11 Å². The third-order valence-corrected chi connectivity index (χ3v) is 4.15. The first-order valence-electron chi connectivity index (χ1n) is 7.79. The number of nitrogens with zero attached hydrogens (tertiary/aromatic N) is 1. The molecule has 0 heterocycles. The summed E-state index contributed by atoms with van der Waals surface area (Å²) in [7, 11) is 1.08. The minimum Gasteiger partial charge on any atom is -0.480 e. The normalized spacial score (nSPS) is 12.4. The van der Waals surface area contributed by atoms with Crippen LogP contribution in [0.25, 0.3) is 0 Å². The van der Waals surface area contributed by atoms with Crippen LogP contribution in [-0.2, 0) is 33.5 Å². The van der Waals surface area contributed by atoms with E-state index in [4.69, 9.17) is 10.8 Å². The van der Waals surface area contributed by atoms with Crippen molar-refractivity contribution < 1.29 is 38.6 Å². The minimum atomic E-state index is -1.28. The van der Waals surface area contributed by atoms with E-state index in [2.05, 4.69) is 10.1 Å². The van der Waals surface area contributed by atoms with Gasteiger partial charge in [-0.3, -0.25) is 33.7 Å². The highest BCUT2D eigenvalue weighted by Crippen LogP contribution is 2.09. The SMILES string of the molecule is COC(=O)CN(C(C)=O)C(=O)C(CSC(C)=O)NC(=O)CCC(N)C(=O)O. The van der Waals surface area contributed by atoms with Crippen molar-refractivity contribution in [1.29, 1.82) is 0 Å². The van der Waals surface area contributed by atoms with Gasteiger partial charge in [0.2, 0.25) is 11.8 Å². The first-order valence-corrected chi connectivity index (χ1v) is 8.78. The molecule has 152 valence electrons. The Bertz CT molecular complexity index is 610. The van der Waals surface area contributed by atoms with Gasteiger partial charge < -0.3 is 20.9 Å². The maximum Gasteiger partial charge on any atom is 0.325 e. The summed E-state index contributed by atoms with van der Waals surface area (Å²) in [6, 6.07) is -2.52. The summed E-state index contributed by atoms with van der Waals surface area (Å²) in [5.74, 6) is -4.60. The number of imide groups is 1. The molecule has 0 rings (SSSR count). The van der Waals surface area contributed by atoms with Gasteiger partial charge >= 0.3 is 11.9 Å².